The standard InChI is InChI=1S/C17H13BrF3NO3/c1-25-16(23)9-22(8-10-3-2-4-11(18)5-10)17(24)12-6-14(20)15(21)7-13(12)19/h2-7H,8-9H2,1H3. The first kappa shape index (κ1) is 19.0. The van der Waals surface area contributed by atoms with Crippen molar-refractivity contribution in [3.8, 4) is 0 Å². The number of halogens is 4. The van der Waals surface area contributed by atoms with E-state index in [2.05, 4.69) is 20.7 Å². The van der Waals surface area contributed by atoms with Gasteiger partial charge in [0.2, 0.25) is 0 Å². The van der Waals surface area contributed by atoms with Crippen LogP contribution in [0.4, 0.5) is 13.2 Å². The van der Waals surface area contributed by atoms with E-state index in [1.807, 2.05) is 0 Å². The summed E-state index contributed by atoms with van der Waals surface area (Å²) >= 11 is 3.28. The van der Waals surface area contributed by atoms with Crippen LogP contribution in [0, 0.1) is 17.5 Å². The minimum absolute atomic E-state index is 0.0498. The van der Waals surface area contributed by atoms with Crippen molar-refractivity contribution in [2.75, 3.05) is 13.7 Å². The van der Waals surface area contributed by atoms with E-state index in [1.165, 1.54) is 0 Å². The highest BCUT2D eigenvalue weighted by atomic mass is 79.9. The van der Waals surface area contributed by atoms with E-state index >= 15 is 0 Å². The lowest BCUT2D eigenvalue weighted by atomic mass is 10.1. The molecule has 0 bridgehead atoms. The Labute approximate surface area is 150 Å². The van der Waals surface area contributed by atoms with Gasteiger partial charge >= 0.3 is 5.97 Å². The Morgan fingerprint density at radius 3 is 2.40 bits per heavy atom. The molecule has 0 unspecified atom stereocenters. The molecule has 2 rings (SSSR count). The van der Waals surface area contributed by atoms with Crippen LogP contribution in [0.5, 0.6) is 0 Å². The van der Waals surface area contributed by atoms with E-state index in [4.69, 9.17) is 0 Å². The van der Waals surface area contributed by atoms with Crippen molar-refractivity contribution in [3.05, 3.63) is 69.4 Å². The lowest BCUT2D eigenvalue weighted by Crippen LogP contribution is -2.36. The quantitative estimate of drug-likeness (QED) is 0.552. The van der Waals surface area contributed by atoms with Crippen LogP contribution in [-0.2, 0) is 16.1 Å². The zero-order valence-electron chi connectivity index (χ0n) is 13.1. The second kappa shape index (κ2) is 8.15. The second-order valence-corrected chi connectivity index (χ2v) is 6.03. The molecule has 1 amide bonds. The number of esters is 1. The molecule has 0 N–H and O–H groups in total. The maximum atomic E-state index is 13.9. The molecule has 0 spiro atoms. The van der Waals surface area contributed by atoms with Gasteiger partial charge in [0, 0.05) is 17.1 Å². The van der Waals surface area contributed by atoms with Crippen LogP contribution in [0.2, 0.25) is 0 Å². The van der Waals surface area contributed by atoms with Gasteiger partial charge in [0.1, 0.15) is 12.4 Å². The van der Waals surface area contributed by atoms with E-state index in [9.17, 15) is 22.8 Å². The number of hydrogen-bond acceptors (Lipinski definition) is 3. The molecule has 2 aromatic carbocycles. The van der Waals surface area contributed by atoms with Gasteiger partial charge < -0.3 is 9.64 Å². The Kier molecular flexibility index (Phi) is 6.19. The summed E-state index contributed by atoms with van der Waals surface area (Å²) in [6.45, 7) is -0.522. The summed E-state index contributed by atoms with van der Waals surface area (Å²) < 4.78 is 45.6. The molecule has 0 heterocycles. The van der Waals surface area contributed by atoms with Crippen LogP contribution in [0.15, 0.2) is 40.9 Å². The Hall–Kier alpha value is -2.35. The minimum Gasteiger partial charge on any atom is -0.468 e. The van der Waals surface area contributed by atoms with Crippen LogP contribution >= 0.6 is 15.9 Å². The molecular weight excluding hydrogens is 403 g/mol. The van der Waals surface area contributed by atoms with Crippen molar-refractivity contribution in [1.29, 1.82) is 0 Å². The third kappa shape index (κ3) is 4.82. The number of ether oxygens (including phenoxy) is 1. The fourth-order valence-corrected chi connectivity index (χ4v) is 2.58. The molecule has 0 aromatic heterocycles. The molecule has 25 heavy (non-hydrogen) atoms. The summed E-state index contributed by atoms with van der Waals surface area (Å²) in [5.41, 5.74) is -0.0209. The van der Waals surface area contributed by atoms with Crippen molar-refractivity contribution in [1.82, 2.24) is 4.90 Å². The summed E-state index contributed by atoms with van der Waals surface area (Å²) in [6.07, 6.45) is 0. The lowest BCUT2D eigenvalue weighted by molar-refractivity contribution is -0.141. The Morgan fingerprint density at radius 1 is 1.08 bits per heavy atom. The first-order valence-corrected chi connectivity index (χ1v) is 7.86. The van der Waals surface area contributed by atoms with Crippen molar-refractivity contribution in [2.45, 2.75) is 6.54 Å². The topological polar surface area (TPSA) is 46.6 Å². The summed E-state index contributed by atoms with van der Waals surface area (Å²) in [7, 11) is 1.14. The molecule has 0 aliphatic heterocycles. The number of methoxy groups -OCH3 is 1. The summed E-state index contributed by atoms with van der Waals surface area (Å²) in [5, 5.41) is 0. The number of rotatable bonds is 5. The molecular formula is C17H13BrF3NO3. The first-order chi connectivity index (χ1) is 11.8. The zero-order chi connectivity index (χ0) is 18.6. The molecule has 2 aromatic rings. The van der Waals surface area contributed by atoms with Gasteiger partial charge in [-0.3, -0.25) is 9.59 Å². The molecule has 0 fully saturated rings. The number of benzene rings is 2. The van der Waals surface area contributed by atoms with E-state index < -0.39 is 41.4 Å². The third-order valence-corrected chi connectivity index (χ3v) is 3.83. The molecule has 0 aliphatic carbocycles. The minimum atomic E-state index is -1.40. The SMILES string of the molecule is COC(=O)CN(Cc1cccc(Br)c1)C(=O)c1cc(F)c(F)cc1F. The van der Waals surface area contributed by atoms with E-state index in [0.29, 0.717) is 11.6 Å². The number of amides is 1. The Morgan fingerprint density at radius 2 is 1.76 bits per heavy atom. The van der Waals surface area contributed by atoms with Crippen LogP contribution in [-0.4, -0.2) is 30.4 Å². The van der Waals surface area contributed by atoms with Gasteiger partial charge in [0.05, 0.1) is 12.7 Å². The van der Waals surface area contributed by atoms with Crippen molar-refractivity contribution in [3.63, 3.8) is 0 Å². The smallest absolute Gasteiger partial charge is 0.325 e. The Balaban J connectivity index is 2.35. The predicted octanol–water partition coefficient (Wildman–Crippen LogP) is 3.68. The van der Waals surface area contributed by atoms with Crippen LogP contribution < -0.4 is 0 Å². The maximum absolute atomic E-state index is 13.9. The van der Waals surface area contributed by atoms with Gasteiger partial charge in [0.15, 0.2) is 11.6 Å². The van der Waals surface area contributed by atoms with Gasteiger partial charge in [-0.05, 0) is 23.8 Å². The van der Waals surface area contributed by atoms with Crippen LogP contribution in [0.3, 0.4) is 0 Å². The van der Waals surface area contributed by atoms with Crippen LogP contribution in [0.25, 0.3) is 0 Å². The molecule has 0 radical (unpaired) electrons. The van der Waals surface area contributed by atoms with Gasteiger partial charge in [-0.25, -0.2) is 13.2 Å². The average Bonchev–Trinajstić information content (AvgIpc) is 2.57. The van der Waals surface area contributed by atoms with Gasteiger partial charge in [-0.2, -0.15) is 0 Å². The largest absolute Gasteiger partial charge is 0.468 e. The van der Waals surface area contributed by atoms with Crippen LogP contribution in [0.1, 0.15) is 15.9 Å². The van der Waals surface area contributed by atoms with Gasteiger partial charge in [0.25, 0.3) is 5.91 Å². The normalized spacial score (nSPS) is 10.4. The van der Waals surface area contributed by atoms with Crippen molar-refractivity contribution in [2.24, 2.45) is 0 Å². The highest BCUT2D eigenvalue weighted by Crippen LogP contribution is 2.19. The third-order valence-electron chi connectivity index (χ3n) is 3.34. The maximum Gasteiger partial charge on any atom is 0.325 e. The number of carbonyl (C=O) groups excluding carboxylic acids is 2. The first-order valence-electron chi connectivity index (χ1n) is 7.07. The molecule has 0 atom stereocenters. The van der Waals surface area contributed by atoms with Crippen molar-refractivity contribution < 1.29 is 27.5 Å². The highest BCUT2D eigenvalue weighted by molar-refractivity contribution is 9.10. The fraction of sp³-hybridized carbons (Fsp3) is 0.176. The van der Waals surface area contributed by atoms with E-state index in [1.54, 1.807) is 24.3 Å². The molecule has 0 saturated heterocycles. The lowest BCUT2D eigenvalue weighted by Gasteiger charge is -2.22. The summed E-state index contributed by atoms with van der Waals surface area (Å²) in [6, 6.07) is 7.66. The molecule has 0 aliphatic rings. The highest BCUT2D eigenvalue weighted by Gasteiger charge is 2.24. The number of carbonyl (C=O) groups is 2. The predicted molar refractivity (Wildman–Crippen MR) is 87.2 cm³/mol. The molecule has 0 saturated carbocycles. The second-order valence-electron chi connectivity index (χ2n) is 5.11. The monoisotopic (exact) mass is 415 g/mol. The Bertz CT molecular complexity index is 814. The number of nitrogens with zero attached hydrogens (tertiary/aromatic N) is 1. The van der Waals surface area contributed by atoms with Gasteiger partial charge in [-0.15, -0.1) is 0 Å². The molecule has 8 heteroatoms. The van der Waals surface area contributed by atoms with Crippen molar-refractivity contribution >= 4 is 27.8 Å². The van der Waals surface area contributed by atoms with Gasteiger partial charge in [-0.1, -0.05) is 28.1 Å². The molecule has 4 nitrogen and oxygen atoms in total. The van der Waals surface area contributed by atoms with E-state index in [-0.39, 0.29) is 12.6 Å². The summed E-state index contributed by atoms with van der Waals surface area (Å²) in [5.74, 6) is -5.66. The van der Waals surface area contributed by atoms with E-state index in [0.717, 1.165) is 16.5 Å². The number of hydrogen-bond donors (Lipinski definition) is 0. The zero-order valence-corrected chi connectivity index (χ0v) is 14.6. The average molecular weight is 416 g/mol. The fourth-order valence-electron chi connectivity index (χ4n) is 2.13. The molecule has 132 valence electrons. The summed E-state index contributed by atoms with van der Waals surface area (Å²) in [4.78, 5) is 25.1.